The number of anilines is 2. The van der Waals surface area contributed by atoms with Crippen molar-refractivity contribution in [3.8, 4) is 0 Å². The average molecular weight is 369 g/mol. The number of hydrogen-bond donors (Lipinski definition) is 0. The SMILES string of the molecule is Cc1cc(F)c2c(c1)CCCN2CC(=O)N1CCN(c2ncccn2)CC1. The van der Waals surface area contributed by atoms with Gasteiger partial charge in [0.25, 0.3) is 0 Å². The van der Waals surface area contributed by atoms with Crippen LogP contribution in [-0.4, -0.2) is 60.0 Å². The number of hydrogen-bond acceptors (Lipinski definition) is 5. The van der Waals surface area contributed by atoms with Crippen molar-refractivity contribution in [1.29, 1.82) is 0 Å². The van der Waals surface area contributed by atoms with Crippen LogP contribution in [0.25, 0.3) is 0 Å². The van der Waals surface area contributed by atoms with Gasteiger partial charge in [-0.2, -0.15) is 0 Å². The Morgan fingerprint density at radius 2 is 1.85 bits per heavy atom. The summed E-state index contributed by atoms with van der Waals surface area (Å²) in [4.78, 5) is 27.2. The molecule has 6 nitrogen and oxygen atoms in total. The molecule has 0 radical (unpaired) electrons. The third kappa shape index (κ3) is 3.72. The largest absolute Gasteiger partial charge is 0.360 e. The molecule has 0 N–H and O–H groups in total. The molecule has 7 heteroatoms. The number of fused-ring (bicyclic) bond motifs is 1. The van der Waals surface area contributed by atoms with Gasteiger partial charge in [-0.05, 0) is 43.0 Å². The Labute approximate surface area is 158 Å². The van der Waals surface area contributed by atoms with Crippen LogP contribution in [0.2, 0.25) is 0 Å². The van der Waals surface area contributed by atoms with E-state index in [1.807, 2.05) is 22.8 Å². The Morgan fingerprint density at radius 1 is 1.11 bits per heavy atom. The fourth-order valence-electron chi connectivity index (χ4n) is 3.96. The van der Waals surface area contributed by atoms with Crippen molar-refractivity contribution in [3.63, 3.8) is 0 Å². The van der Waals surface area contributed by atoms with E-state index in [-0.39, 0.29) is 18.3 Å². The lowest BCUT2D eigenvalue weighted by Crippen LogP contribution is -2.52. The second-order valence-corrected chi connectivity index (χ2v) is 7.20. The number of rotatable bonds is 3. The van der Waals surface area contributed by atoms with Crippen LogP contribution in [0.5, 0.6) is 0 Å². The summed E-state index contributed by atoms with van der Waals surface area (Å²) in [5.74, 6) is 0.534. The first-order valence-electron chi connectivity index (χ1n) is 9.45. The van der Waals surface area contributed by atoms with Crippen LogP contribution in [0.1, 0.15) is 17.5 Å². The van der Waals surface area contributed by atoms with Crippen molar-refractivity contribution in [2.75, 3.05) is 49.1 Å². The quantitative estimate of drug-likeness (QED) is 0.829. The molecule has 3 heterocycles. The molecule has 1 saturated heterocycles. The summed E-state index contributed by atoms with van der Waals surface area (Å²) >= 11 is 0. The highest BCUT2D eigenvalue weighted by molar-refractivity contribution is 5.82. The Kier molecular flexibility index (Phi) is 4.92. The maximum Gasteiger partial charge on any atom is 0.242 e. The van der Waals surface area contributed by atoms with Crippen LogP contribution in [0.15, 0.2) is 30.6 Å². The van der Waals surface area contributed by atoms with E-state index in [2.05, 4.69) is 14.9 Å². The molecule has 142 valence electrons. The van der Waals surface area contributed by atoms with Crippen LogP contribution in [0.3, 0.4) is 0 Å². The van der Waals surface area contributed by atoms with Gasteiger partial charge in [-0.1, -0.05) is 6.07 Å². The van der Waals surface area contributed by atoms with Crippen LogP contribution in [-0.2, 0) is 11.2 Å². The zero-order valence-corrected chi connectivity index (χ0v) is 15.6. The van der Waals surface area contributed by atoms with E-state index in [9.17, 15) is 9.18 Å². The van der Waals surface area contributed by atoms with Crippen molar-refractivity contribution in [2.45, 2.75) is 19.8 Å². The van der Waals surface area contributed by atoms with Crippen molar-refractivity contribution in [1.82, 2.24) is 14.9 Å². The first-order chi connectivity index (χ1) is 13.1. The summed E-state index contributed by atoms with van der Waals surface area (Å²) in [5, 5.41) is 0. The summed E-state index contributed by atoms with van der Waals surface area (Å²) in [5.41, 5.74) is 2.55. The minimum atomic E-state index is -0.219. The molecule has 1 fully saturated rings. The monoisotopic (exact) mass is 369 g/mol. The highest BCUT2D eigenvalue weighted by Crippen LogP contribution is 2.31. The predicted molar refractivity (Wildman–Crippen MR) is 102 cm³/mol. The molecule has 0 bridgehead atoms. The molecule has 0 atom stereocenters. The summed E-state index contributed by atoms with van der Waals surface area (Å²) in [6, 6.07) is 5.38. The highest BCUT2D eigenvalue weighted by atomic mass is 19.1. The summed E-state index contributed by atoms with van der Waals surface area (Å²) < 4.78 is 14.5. The Hall–Kier alpha value is -2.70. The second kappa shape index (κ2) is 7.50. The van der Waals surface area contributed by atoms with E-state index in [0.29, 0.717) is 37.8 Å². The number of amides is 1. The molecule has 1 amide bonds. The van der Waals surface area contributed by atoms with Crippen LogP contribution >= 0.6 is 0 Å². The van der Waals surface area contributed by atoms with E-state index in [0.717, 1.165) is 30.5 Å². The van der Waals surface area contributed by atoms with Gasteiger partial charge in [-0.25, -0.2) is 14.4 Å². The van der Waals surface area contributed by atoms with Crippen LogP contribution in [0.4, 0.5) is 16.0 Å². The number of carbonyl (C=O) groups excluding carboxylic acids is 1. The Morgan fingerprint density at radius 3 is 2.59 bits per heavy atom. The molecule has 1 aromatic heterocycles. The van der Waals surface area contributed by atoms with Gasteiger partial charge in [0.2, 0.25) is 11.9 Å². The Balaban J connectivity index is 1.40. The van der Waals surface area contributed by atoms with Gasteiger partial charge < -0.3 is 14.7 Å². The number of nitrogens with zero attached hydrogens (tertiary/aromatic N) is 5. The molecule has 0 unspecified atom stereocenters. The third-order valence-electron chi connectivity index (χ3n) is 5.27. The van der Waals surface area contributed by atoms with Gasteiger partial charge >= 0.3 is 0 Å². The number of piperazine rings is 1. The zero-order chi connectivity index (χ0) is 18.8. The molecule has 4 rings (SSSR count). The van der Waals surface area contributed by atoms with E-state index in [1.54, 1.807) is 24.5 Å². The van der Waals surface area contributed by atoms with Gasteiger partial charge in [0.15, 0.2) is 0 Å². The maximum atomic E-state index is 14.5. The first-order valence-corrected chi connectivity index (χ1v) is 9.45. The molecule has 1 aromatic carbocycles. The molecule has 0 saturated carbocycles. The number of carbonyl (C=O) groups is 1. The number of aromatic nitrogens is 2. The van der Waals surface area contributed by atoms with Gasteiger partial charge in [0.05, 0.1) is 12.2 Å². The van der Waals surface area contributed by atoms with E-state index < -0.39 is 0 Å². The predicted octanol–water partition coefficient (Wildman–Crippen LogP) is 2.03. The average Bonchev–Trinajstić information content (AvgIpc) is 2.68. The third-order valence-corrected chi connectivity index (χ3v) is 5.27. The van der Waals surface area contributed by atoms with Crippen molar-refractivity contribution in [3.05, 3.63) is 47.5 Å². The van der Waals surface area contributed by atoms with Gasteiger partial charge in [0, 0.05) is 45.1 Å². The van der Waals surface area contributed by atoms with Gasteiger partial charge in [0.1, 0.15) is 5.82 Å². The second-order valence-electron chi connectivity index (χ2n) is 7.20. The van der Waals surface area contributed by atoms with Crippen LogP contribution in [0, 0.1) is 12.7 Å². The maximum absolute atomic E-state index is 14.5. The number of halogens is 1. The molecule has 27 heavy (non-hydrogen) atoms. The number of benzene rings is 1. The molecular weight excluding hydrogens is 345 g/mol. The molecular formula is C20H24FN5O. The fourth-order valence-corrected chi connectivity index (χ4v) is 3.96. The lowest BCUT2D eigenvalue weighted by atomic mass is 9.99. The van der Waals surface area contributed by atoms with E-state index in [4.69, 9.17) is 0 Å². The Bertz CT molecular complexity index is 821. The summed E-state index contributed by atoms with van der Waals surface area (Å²) in [6.07, 6.45) is 5.27. The van der Waals surface area contributed by atoms with Gasteiger partial charge in [-0.3, -0.25) is 4.79 Å². The molecule has 2 aliphatic rings. The molecule has 2 aliphatic heterocycles. The van der Waals surface area contributed by atoms with Crippen molar-refractivity contribution in [2.24, 2.45) is 0 Å². The van der Waals surface area contributed by atoms with Crippen molar-refractivity contribution >= 4 is 17.5 Å². The minimum Gasteiger partial charge on any atom is -0.360 e. The normalized spacial score (nSPS) is 17.0. The van der Waals surface area contributed by atoms with E-state index in [1.165, 1.54) is 0 Å². The topological polar surface area (TPSA) is 52.6 Å². The van der Waals surface area contributed by atoms with Crippen LogP contribution < -0.4 is 9.80 Å². The van der Waals surface area contributed by atoms with Crippen molar-refractivity contribution < 1.29 is 9.18 Å². The number of aryl methyl sites for hydroxylation is 2. The lowest BCUT2D eigenvalue weighted by Gasteiger charge is -2.37. The first kappa shape index (κ1) is 17.7. The minimum absolute atomic E-state index is 0.0523. The summed E-state index contributed by atoms with van der Waals surface area (Å²) in [7, 11) is 0. The fraction of sp³-hybridized carbons (Fsp3) is 0.450. The standard InChI is InChI=1S/C20H24FN5O/c1-15-12-16-4-2-7-26(19(16)17(21)13-15)14-18(27)24-8-10-25(11-9-24)20-22-5-3-6-23-20/h3,5-6,12-13H,2,4,7-11,14H2,1H3. The molecule has 0 spiro atoms. The van der Waals surface area contributed by atoms with Gasteiger partial charge in [-0.15, -0.1) is 0 Å². The molecule has 0 aliphatic carbocycles. The highest BCUT2D eigenvalue weighted by Gasteiger charge is 2.27. The zero-order valence-electron chi connectivity index (χ0n) is 15.6. The molecule has 2 aromatic rings. The lowest BCUT2D eigenvalue weighted by molar-refractivity contribution is -0.130. The smallest absolute Gasteiger partial charge is 0.242 e. The summed E-state index contributed by atoms with van der Waals surface area (Å²) in [6.45, 7) is 5.54. The van der Waals surface area contributed by atoms with E-state index >= 15 is 0 Å².